The Hall–Kier alpha value is -11.0. The van der Waals surface area contributed by atoms with Gasteiger partial charge in [0.25, 0.3) is 0 Å². The standard InChI is InChI=1S/C60H12BF30N3O3/c62-28-22(29(63)41(75)52(86)40(28)74)19-13-7-1-4-10-16(13)92(58(19)25-34(68)46(80)55(89)47(81)35(25)69)95-61(96-93-17-11-5-2-8-14(17)20(23-30(64)42(76)53(87)43(77)31(23)65)59(93)26-36(70)48(82)56(90)49(83)37(26)71)97-94-18-12-6-3-9-15(18)21(24-32(66)44(78)54(88)45(79)33(24)67)60(94)27-38(72)50(84)57(91)51(85)39(27)73/h1-12H. The van der Waals surface area contributed by atoms with Gasteiger partial charge in [0.1, 0.15) is 17.1 Å². The van der Waals surface area contributed by atoms with Crippen LogP contribution in [-0.2, 0) is 0 Å². The molecule has 0 fully saturated rings. The van der Waals surface area contributed by atoms with Crippen LogP contribution in [0.5, 0.6) is 0 Å². The van der Waals surface area contributed by atoms with Crippen LogP contribution in [0, 0.1) is 175 Å². The van der Waals surface area contributed by atoms with E-state index < -0.39 is 296 Å². The third-order valence-electron chi connectivity index (χ3n) is 14.8. The van der Waals surface area contributed by atoms with E-state index in [0.717, 1.165) is 0 Å². The predicted molar refractivity (Wildman–Crippen MR) is 273 cm³/mol. The summed E-state index contributed by atoms with van der Waals surface area (Å²) in [5.74, 6) is -93.0. The summed E-state index contributed by atoms with van der Waals surface area (Å²) >= 11 is 0. The lowest BCUT2D eigenvalue weighted by Gasteiger charge is -2.23. The van der Waals surface area contributed by atoms with Crippen molar-refractivity contribution in [3.05, 3.63) is 247 Å². The van der Waals surface area contributed by atoms with Gasteiger partial charge in [-0.3, -0.25) is 0 Å². The Morgan fingerprint density at radius 2 is 0.320 bits per heavy atom. The fourth-order valence-electron chi connectivity index (χ4n) is 10.6. The fourth-order valence-corrected chi connectivity index (χ4v) is 10.6. The van der Waals surface area contributed by atoms with Gasteiger partial charge in [-0.1, -0.05) is 54.6 Å². The van der Waals surface area contributed by atoms with Gasteiger partial charge >= 0.3 is 7.32 Å². The molecule has 3 heterocycles. The quantitative estimate of drug-likeness (QED) is 0.0530. The van der Waals surface area contributed by atoms with E-state index in [1.165, 1.54) is 0 Å². The Balaban J connectivity index is 1.31. The van der Waals surface area contributed by atoms with Crippen LogP contribution in [-0.4, -0.2) is 21.5 Å². The van der Waals surface area contributed by atoms with E-state index in [-0.39, 0.29) is 0 Å². The number of para-hydroxylation sites is 3. The zero-order chi connectivity index (χ0) is 70.6. The van der Waals surface area contributed by atoms with E-state index in [1.54, 1.807) is 0 Å². The van der Waals surface area contributed by atoms with E-state index in [0.29, 0.717) is 72.8 Å². The molecule has 12 rings (SSSR count). The molecule has 0 N–H and O–H groups in total. The SMILES string of the molecule is Fc1c(F)c(F)c(-c2c(-c3c(F)c(F)c(F)c(F)c3F)n(OB(On3c(-c4c(F)c(F)c(F)c(F)c4F)c(-c4c(F)c(F)c(F)c(F)c4F)c4ccccc43)On3c(-c4c(F)c(F)c(F)c(F)c4F)c(-c4c(F)c(F)c(F)c(F)c4F)c4ccccc43)c3ccccc23)c(F)c1F. The lowest BCUT2D eigenvalue weighted by Crippen LogP contribution is -2.49. The van der Waals surface area contributed by atoms with E-state index in [9.17, 15) is 26.3 Å². The molecule has 498 valence electrons. The van der Waals surface area contributed by atoms with Gasteiger partial charge in [0, 0.05) is 32.8 Å². The Kier molecular flexibility index (Phi) is 15.9. The number of fused-ring (bicyclic) bond motifs is 3. The molecule has 0 saturated heterocycles. The monoisotopic (exact) mass is 1400 g/mol. The minimum atomic E-state index is -4.22. The second kappa shape index (κ2) is 23.4. The van der Waals surface area contributed by atoms with E-state index in [1.807, 2.05) is 0 Å². The number of hydrogen-bond donors (Lipinski definition) is 0. The highest BCUT2D eigenvalue weighted by molar-refractivity contribution is 6.38. The van der Waals surface area contributed by atoms with E-state index >= 15 is 105 Å². The molecule has 0 aliphatic carbocycles. The first-order chi connectivity index (χ1) is 45.7. The average Bonchev–Trinajstić information content (AvgIpc) is 1.59. The topological polar surface area (TPSA) is 42.5 Å². The fraction of sp³-hybridized carbons (Fsp3) is 0. The summed E-state index contributed by atoms with van der Waals surface area (Å²) in [7, 11) is -4.22. The van der Waals surface area contributed by atoms with Crippen LogP contribution in [0.25, 0.3) is 99.9 Å². The molecule has 0 bridgehead atoms. The highest BCUT2D eigenvalue weighted by atomic mass is 19.2. The van der Waals surface area contributed by atoms with E-state index in [4.69, 9.17) is 14.3 Å². The highest BCUT2D eigenvalue weighted by Gasteiger charge is 2.46. The van der Waals surface area contributed by atoms with Gasteiger partial charge < -0.3 is 14.3 Å². The molecule has 9 aromatic carbocycles. The third-order valence-corrected chi connectivity index (χ3v) is 14.8. The van der Waals surface area contributed by atoms with E-state index in [2.05, 4.69) is 0 Å². The Morgan fingerprint density at radius 3 is 0.495 bits per heavy atom. The molecular formula is C60H12BF30N3O3. The van der Waals surface area contributed by atoms with Crippen molar-refractivity contribution in [3.8, 4) is 67.2 Å². The molecule has 0 aliphatic heterocycles. The smallest absolute Gasteiger partial charge is 0.395 e. The summed E-state index contributed by atoms with van der Waals surface area (Å²) in [5.41, 5.74) is -32.7. The maximum Gasteiger partial charge on any atom is 0.926 e. The maximum absolute atomic E-state index is 16.7. The summed E-state index contributed by atoms with van der Waals surface area (Å²) in [6.07, 6.45) is 0. The molecule has 0 spiro atoms. The summed E-state index contributed by atoms with van der Waals surface area (Å²) in [5, 5.41) is -4.02. The molecule has 97 heavy (non-hydrogen) atoms. The molecule has 0 amide bonds. The first-order valence-corrected chi connectivity index (χ1v) is 25.7. The summed E-state index contributed by atoms with van der Waals surface area (Å²) in [6, 6.07) is 6.50. The van der Waals surface area contributed by atoms with Crippen molar-refractivity contribution in [2.45, 2.75) is 0 Å². The number of rotatable bonds is 12. The normalized spacial score (nSPS) is 11.8. The van der Waals surface area contributed by atoms with Gasteiger partial charge in [0.15, 0.2) is 140 Å². The number of halogens is 30. The summed E-state index contributed by atoms with van der Waals surface area (Å²) < 4.78 is 489. The molecule has 0 atom stereocenters. The number of nitrogens with zero attached hydrogens (tertiary/aromatic N) is 3. The van der Waals surface area contributed by atoms with Crippen LogP contribution in [0.15, 0.2) is 72.8 Å². The van der Waals surface area contributed by atoms with Crippen LogP contribution in [0.1, 0.15) is 0 Å². The third kappa shape index (κ3) is 9.36. The van der Waals surface area contributed by atoms with Gasteiger partial charge in [0.2, 0.25) is 34.9 Å². The van der Waals surface area contributed by atoms with Crippen LogP contribution < -0.4 is 14.3 Å². The zero-order valence-electron chi connectivity index (χ0n) is 45.4. The summed E-state index contributed by atoms with van der Waals surface area (Å²) in [4.78, 5) is 0. The Morgan fingerprint density at radius 1 is 0.175 bits per heavy atom. The minimum Gasteiger partial charge on any atom is -0.395 e. The van der Waals surface area contributed by atoms with Gasteiger partial charge in [-0.05, 0) is 18.2 Å². The first-order valence-electron chi connectivity index (χ1n) is 25.7. The first kappa shape index (κ1) is 66.0. The van der Waals surface area contributed by atoms with Crippen molar-refractivity contribution in [2.75, 3.05) is 0 Å². The molecule has 0 aliphatic rings. The second-order valence-corrected chi connectivity index (χ2v) is 19.9. The molecule has 3 aromatic heterocycles. The largest absolute Gasteiger partial charge is 0.926 e. The van der Waals surface area contributed by atoms with Crippen molar-refractivity contribution in [2.24, 2.45) is 0 Å². The molecule has 6 nitrogen and oxygen atoms in total. The maximum atomic E-state index is 16.7. The highest BCUT2D eigenvalue weighted by Crippen LogP contribution is 2.51. The Bertz CT molecular complexity index is 4790. The molecule has 12 aromatic rings. The molecule has 37 heteroatoms. The Labute approximate surface area is 513 Å². The van der Waals surface area contributed by atoms with Crippen molar-refractivity contribution >= 4 is 40.0 Å². The summed E-state index contributed by atoms with van der Waals surface area (Å²) in [6.45, 7) is 0. The lowest BCUT2D eigenvalue weighted by atomic mass is 9.96. The van der Waals surface area contributed by atoms with Gasteiger partial charge in [0.05, 0.1) is 49.9 Å². The molecule has 0 unspecified atom stereocenters. The second-order valence-electron chi connectivity index (χ2n) is 19.9. The molecule has 0 radical (unpaired) electrons. The number of aromatic nitrogens is 3. The molecule has 0 saturated carbocycles. The molecular weight excluding hydrogens is 1390 g/mol. The lowest BCUT2D eigenvalue weighted by molar-refractivity contribution is 0.0828. The van der Waals surface area contributed by atoms with Gasteiger partial charge in [-0.15, -0.1) is 0 Å². The van der Waals surface area contributed by atoms with Crippen molar-refractivity contribution < 1.29 is 146 Å². The predicted octanol–water partition coefficient (Wildman–Crippen LogP) is 18.4. The average molecular weight is 1400 g/mol. The van der Waals surface area contributed by atoms with Crippen molar-refractivity contribution in [1.29, 1.82) is 0 Å². The van der Waals surface area contributed by atoms with Gasteiger partial charge in [-0.2, -0.15) is 14.2 Å². The van der Waals surface area contributed by atoms with Crippen LogP contribution >= 0.6 is 0 Å². The van der Waals surface area contributed by atoms with Crippen LogP contribution in [0.2, 0.25) is 0 Å². The zero-order valence-corrected chi connectivity index (χ0v) is 45.4. The minimum absolute atomic E-state index is 0.399. The number of hydrogen-bond acceptors (Lipinski definition) is 3. The van der Waals surface area contributed by atoms with Crippen molar-refractivity contribution in [1.82, 2.24) is 14.2 Å². The van der Waals surface area contributed by atoms with Crippen molar-refractivity contribution in [3.63, 3.8) is 0 Å². The number of benzene rings is 9. The van der Waals surface area contributed by atoms with Gasteiger partial charge in [-0.25, -0.2) is 132 Å². The van der Waals surface area contributed by atoms with Crippen LogP contribution in [0.3, 0.4) is 0 Å². The van der Waals surface area contributed by atoms with Crippen LogP contribution in [0.4, 0.5) is 132 Å².